The molecule has 1 heterocycles. The van der Waals surface area contributed by atoms with Gasteiger partial charge in [-0.15, -0.1) is 0 Å². The Morgan fingerprint density at radius 3 is 1.70 bits per heavy atom. The second-order valence-corrected chi connectivity index (χ2v) is 1.13. The minimum atomic E-state index is -0.250. The normalized spacial score (nSPS) is 6.00. The Labute approximate surface area is 69.6 Å². The van der Waals surface area contributed by atoms with Crippen LogP contribution in [-0.4, -0.2) is 16.6 Å². The molecule has 1 N–H and O–H groups in total. The van der Waals surface area contributed by atoms with Gasteiger partial charge in [-0.3, -0.25) is 9.78 Å². The van der Waals surface area contributed by atoms with E-state index in [2.05, 4.69) is 4.98 Å². The van der Waals surface area contributed by atoms with Gasteiger partial charge in [-0.05, 0) is 12.1 Å². The molecule has 1 aromatic rings. The fourth-order valence-corrected chi connectivity index (χ4v) is 0.313. The SMILES string of the molecule is O=CO.[Cu].c1ccncc1. The standard InChI is InChI=1S/C5H5N.CH2O2.Cu/c1-2-4-6-5-3-1;2-1-3;/h1-5H;1H,(H,2,3);. The zero-order valence-electron chi connectivity index (χ0n) is 5.07. The van der Waals surface area contributed by atoms with Gasteiger partial charge in [0, 0.05) is 29.5 Å². The number of pyridine rings is 1. The van der Waals surface area contributed by atoms with Crippen molar-refractivity contribution in [3.63, 3.8) is 0 Å². The van der Waals surface area contributed by atoms with E-state index in [0.717, 1.165) is 0 Å². The first kappa shape index (κ1) is 11.9. The van der Waals surface area contributed by atoms with Crippen molar-refractivity contribution < 1.29 is 27.0 Å². The molecular weight excluding hydrogens is 182 g/mol. The van der Waals surface area contributed by atoms with Gasteiger partial charge in [0.15, 0.2) is 0 Å². The molecule has 59 valence electrons. The van der Waals surface area contributed by atoms with Crippen LogP contribution in [0.1, 0.15) is 0 Å². The van der Waals surface area contributed by atoms with Crippen LogP contribution in [0.5, 0.6) is 0 Å². The van der Waals surface area contributed by atoms with Crippen LogP contribution in [0.4, 0.5) is 0 Å². The Bertz CT molecular complexity index is 119. The summed E-state index contributed by atoms with van der Waals surface area (Å²) in [6.45, 7) is -0.250. The number of carbonyl (C=O) groups is 1. The van der Waals surface area contributed by atoms with Gasteiger partial charge in [0.05, 0.1) is 0 Å². The Morgan fingerprint density at radius 1 is 1.20 bits per heavy atom. The van der Waals surface area contributed by atoms with Gasteiger partial charge in [0.25, 0.3) is 6.47 Å². The van der Waals surface area contributed by atoms with Gasteiger partial charge in [-0.2, -0.15) is 0 Å². The summed E-state index contributed by atoms with van der Waals surface area (Å²) >= 11 is 0. The van der Waals surface area contributed by atoms with Gasteiger partial charge in [-0.25, -0.2) is 0 Å². The predicted octanol–water partition coefficient (Wildman–Crippen LogP) is 0.780. The van der Waals surface area contributed by atoms with E-state index in [1.165, 1.54) is 0 Å². The van der Waals surface area contributed by atoms with Crippen molar-refractivity contribution in [2.45, 2.75) is 0 Å². The van der Waals surface area contributed by atoms with E-state index in [-0.39, 0.29) is 23.5 Å². The van der Waals surface area contributed by atoms with Gasteiger partial charge >= 0.3 is 0 Å². The summed E-state index contributed by atoms with van der Waals surface area (Å²) in [5.41, 5.74) is 0. The smallest absolute Gasteiger partial charge is 0.290 e. The van der Waals surface area contributed by atoms with Crippen LogP contribution >= 0.6 is 0 Å². The molecule has 1 aromatic heterocycles. The van der Waals surface area contributed by atoms with E-state index in [1.807, 2.05) is 18.2 Å². The van der Waals surface area contributed by atoms with Crippen LogP contribution in [0.15, 0.2) is 30.6 Å². The van der Waals surface area contributed by atoms with Crippen molar-refractivity contribution in [3.05, 3.63) is 30.6 Å². The Hall–Kier alpha value is -0.861. The molecule has 0 spiro atoms. The summed E-state index contributed by atoms with van der Waals surface area (Å²) in [4.78, 5) is 12.1. The van der Waals surface area contributed by atoms with E-state index in [4.69, 9.17) is 9.90 Å². The molecule has 0 saturated heterocycles. The van der Waals surface area contributed by atoms with E-state index < -0.39 is 0 Å². The maximum Gasteiger partial charge on any atom is 0.290 e. The molecule has 0 aliphatic heterocycles. The summed E-state index contributed by atoms with van der Waals surface area (Å²) in [7, 11) is 0. The third kappa shape index (κ3) is 10.2. The van der Waals surface area contributed by atoms with Crippen molar-refractivity contribution in [3.8, 4) is 0 Å². The summed E-state index contributed by atoms with van der Waals surface area (Å²) in [6.07, 6.45) is 3.50. The van der Waals surface area contributed by atoms with Crippen LogP contribution in [0.25, 0.3) is 0 Å². The van der Waals surface area contributed by atoms with Crippen LogP contribution in [0, 0.1) is 0 Å². The molecule has 0 atom stereocenters. The van der Waals surface area contributed by atoms with E-state index in [9.17, 15) is 0 Å². The second-order valence-electron chi connectivity index (χ2n) is 1.13. The third-order valence-electron chi connectivity index (χ3n) is 0.566. The zero-order chi connectivity index (χ0) is 6.95. The summed E-state index contributed by atoms with van der Waals surface area (Å²) in [5.74, 6) is 0. The molecule has 0 aliphatic carbocycles. The topological polar surface area (TPSA) is 50.2 Å². The van der Waals surface area contributed by atoms with Crippen molar-refractivity contribution in [2.75, 3.05) is 0 Å². The quantitative estimate of drug-likeness (QED) is 0.484. The molecule has 0 amide bonds. The molecule has 3 nitrogen and oxygen atoms in total. The van der Waals surface area contributed by atoms with Gasteiger partial charge in [-0.1, -0.05) is 6.07 Å². The number of aromatic nitrogens is 1. The molecular formula is C6H7CuNO2. The minimum Gasteiger partial charge on any atom is -0.483 e. The van der Waals surface area contributed by atoms with Crippen molar-refractivity contribution in [1.29, 1.82) is 0 Å². The maximum atomic E-state index is 8.36. The monoisotopic (exact) mass is 188 g/mol. The molecule has 4 heteroatoms. The maximum absolute atomic E-state index is 8.36. The van der Waals surface area contributed by atoms with Crippen LogP contribution in [0.2, 0.25) is 0 Å². The zero-order valence-corrected chi connectivity index (χ0v) is 6.01. The van der Waals surface area contributed by atoms with Crippen molar-refractivity contribution in [2.24, 2.45) is 0 Å². The molecule has 0 aliphatic rings. The summed E-state index contributed by atoms with van der Waals surface area (Å²) in [6, 6.07) is 5.72. The Balaban J connectivity index is 0. The average Bonchev–Trinajstić information content (AvgIpc) is 1.93. The number of carboxylic acid groups (broad SMARTS) is 1. The van der Waals surface area contributed by atoms with E-state index in [1.54, 1.807) is 12.4 Å². The van der Waals surface area contributed by atoms with Gasteiger partial charge < -0.3 is 5.11 Å². The molecule has 1 rings (SSSR count). The fourth-order valence-electron chi connectivity index (χ4n) is 0.313. The summed E-state index contributed by atoms with van der Waals surface area (Å²) < 4.78 is 0. The molecule has 10 heavy (non-hydrogen) atoms. The second kappa shape index (κ2) is 11.0. The number of rotatable bonds is 0. The van der Waals surface area contributed by atoms with E-state index >= 15 is 0 Å². The summed E-state index contributed by atoms with van der Waals surface area (Å²) in [5, 5.41) is 6.89. The van der Waals surface area contributed by atoms with Gasteiger partial charge in [0.2, 0.25) is 0 Å². The molecule has 0 saturated carbocycles. The Kier molecular flexibility index (Phi) is 13.1. The largest absolute Gasteiger partial charge is 0.483 e. The molecule has 0 bridgehead atoms. The van der Waals surface area contributed by atoms with E-state index in [0.29, 0.717) is 0 Å². The van der Waals surface area contributed by atoms with Crippen LogP contribution in [-0.2, 0) is 21.9 Å². The minimum absolute atomic E-state index is 0. The molecule has 0 aromatic carbocycles. The molecule has 1 radical (unpaired) electrons. The number of hydrogen-bond acceptors (Lipinski definition) is 2. The van der Waals surface area contributed by atoms with Crippen LogP contribution in [0.3, 0.4) is 0 Å². The molecule has 0 unspecified atom stereocenters. The van der Waals surface area contributed by atoms with Gasteiger partial charge in [0.1, 0.15) is 0 Å². The average molecular weight is 189 g/mol. The number of nitrogens with zero attached hydrogens (tertiary/aromatic N) is 1. The van der Waals surface area contributed by atoms with Crippen LogP contribution < -0.4 is 0 Å². The first-order chi connectivity index (χ1) is 4.41. The third-order valence-corrected chi connectivity index (χ3v) is 0.566. The molecule has 0 fully saturated rings. The predicted molar refractivity (Wildman–Crippen MR) is 32.9 cm³/mol. The van der Waals surface area contributed by atoms with Crippen molar-refractivity contribution >= 4 is 6.47 Å². The van der Waals surface area contributed by atoms with Crippen molar-refractivity contribution in [1.82, 2.24) is 4.98 Å². The first-order valence-corrected chi connectivity index (χ1v) is 2.34. The number of hydrogen-bond donors (Lipinski definition) is 1. The Morgan fingerprint density at radius 2 is 1.60 bits per heavy atom. The fraction of sp³-hybridized carbons (Fsp3) is 0. The first-order valence-electron chi connectivity index (χ1n) is 2.34.